The number of carbonyl (C=O) groups excluding carboxylic acids is 1. The van der Waals surface area contributed by atoms with Gasteiger partial charge in [-0.05, 0) is 37.5 Å². The first kappa shape index (κ1) is 13.5. The van der Waals surface area contributed by atoms with E-state index >= 15 is 0 Å². The number of halogens is 1. The molecule has 6 heteroatoms. The van der Waals surface area contributed by atoms with E-state index in [1.807, 2.05) is 0 Å². The van der Waals surface area contributed by atoms with Gasteiger partial charge < -0.3 is 15.2 Å². The Labute approximate surface area is 109 Å². The van der Waals surface area contributed by atoms with Crippen molar-refractivity contribution < 1.29 is 23.8 Å². The largest absolute Gasteiger partial charge is 0.479 e. The average Bonchev–Trinajstić information content (AvgIpc) is 2.82. The molecule has 2 atom stereocenters. The van der Waals surface area contributed by atoms with Crippen LogP contribution in [0.25, 0.3) is 0 Å². The zero-order chi connectivity index (χ0) is 14.0. The molecule has 1 aliphatic rings. The SMILES string of the molecule is Cc1ccc(NC(=O)C2CCC(C(=O)O)O2)c(F)c1. The predicted octanol–water partition coefficient (Wildman–Crippen LogP) is 1.70. The Morgan fingerprint density at radius 2 is 2.05 bits per heavy atom. The Morgan fingerprint density at radius 1 is 1.37 bits per heavy atom. The molecule has 5 nitrogen and oxygen atoms in total. The van der Waals surface area contributed by atoms with Crippen LogP contribution in [0.1, 0.15) is 18.4 Å². The first-order valence-corrected chi connectivity index (χ1v) is 5.92. The van der Waals surface area contributed by atoms with E-state index in [-0.39, 0.29) is 12.1 Å². The molecule has 0 bridgehead atoms. The van der Waals surface area contributed by atoms with E-state index in [2.05, 4.69) is 5.32 Å². The van der Waals surface area contributed by atoms with Crippen LogP contribution < -0.4 is 5.32 Å². The number of hydrogen-bond donors (Lipinski definition) is 2. The molecule has 1 aromatic carbocycles. The van der Waals surface area contributed by atoms with Gasteiger partial charge in [-0.1, -0.05) is 6.07 Å². The second-order valence-electron chi connectivity index (χ2n) is 4.50. The van der Waals surface area contributed by atoms with Crippen molar-refractivity contribution in [3.63, 3.8) is 0 Å². The molecule has 0 aromatic heterocycles. The summed E-state index contributed by atoms with van der Waals surface area (Å²) in [4.78, 5) is 22.5. The van der Waals surface area contributed by atoms with Gasteiger partial charge in [0.1, 0.15) is 11.9 Å². The maximum Gasteiger partial charge on any atom is 0.332 e. The minimum Gasteiger partial charge on any atom is -0.479 e. The van der Waals surface area contributed by atoms with E-state index in [0.29, 0.717) is 6.42 Å². The highest BCUT2D eigenvalue weighted by atomic mass is 19.1. The van der Waals surface area contributed by atoms with Crippen molar-refractivity contribution in [1.82, 2.24) is 0 Å². The van der Waals surface area contributed by atoms with Crippen LogP contribution >= 0.6 is 0 Å². The first-order chi connectivity index (χ1) is 8.97. The van der Waals surface area contributed by atoms with Crippen molar-refractivity contribution in [2.45, 2.75) is 32.0 Å². The molecule has 1 aromatic rings. The van der Waals surface area contributed by atoms with E-state index in [4.69, 9.17) is 9.84 Å². The molecular weight excluding hydrogens is 253 g/mol. The standard InChI is InChI=1S/C13H14FNO4/c1-7-2-3-9(8(14)6-7)15-12(16)10-4-5-11(19-10)13(17)18/h2-3,6,10-11H,4-5H2,1H3,(H,15,16)(H,17,18). The summed E-state index contributed by atoms with van der Waals surface area (Å²) in [6, 6.07) is 4.45. The number of aliphatic carboxylic acids is 1. The predicted molar refractivity (Wildman–Crippen MR) is 65.3 cm³/mol. The molecule has 1 fully saturated rings. The van der Waals surface area contributed by atoms with Gasteiger partial charge in [-0.25, -0.2) is 9.18 Å². The number of aryl methyl sites for hydroxylation is 1. The minimum absolute atomic E-state index is 0.0676. The van der Waals surface area contributed by atoms with Crippen LogP contribution in [0.2, 0.25) is 0 Å². The van der Waals surface area contributed by atoms with E-state index < -0.39 is 29.9 Å². The van der Waals surface area contributed by atoms with Crippen molar-refractivity contribution in [3.8, 4) is 0 Å². The van der Waals surface area contributed by atoms with Crippen LogP contribution in [0.4, 0.5) is 10.1 Å². The second kappa shape index (κ2) is 5.36. The molecule has 19 heavy (non-hydrogen) atoms. The molecule has 0 saturated carbocycles. The van der Waals surface area contributed by atoms with Crippen molar-refractivity contribution in [2.75, 3.05) is 5.32 Å². The lowest BCUT2D eigenvalue weighted by Gasteiger charge is -2.12. The van der Waals surface area contributed by atoms with Crippen molar-refractivity contribution in [1.29, 1.82) is 0 Å². The summed E-state index contributed by atoms with van der Waals surface area (Å²) in [5, 5.41) is 11.2. The normalized spacial score (nSPS) is 22.2. The summed E-state index contributed by atoms with van der Waals surface area (Å²) in [6.07, 6.45) is -1.21. The fourth-order valence-corrected chi connectivity index (χ4v) is 1.95. The van der Waals surface area contributed by atoms with Crippen LogP contribution in [0.5, 0.6) is 0 Å². The summed E-state index contributed by atoms with van der Waals surface area (Å²) in [6.45, 7) is 1.74. The first-order valence-electron chi connectivity index (χ1n) is 5.92. The lowest BCUT2D eigenvalue weighted by atomic mass is 10.1. The van der Waals surface area contributed by atoms with Crippen LogP contribution in [0.3, 0.4) is 0 Å². The Hall–Kier alpha value is -1.95. The van der Waals surface area contributed by atoms with Crippen LogP contribution in [-0.4, -0.2) is 29.2 Å². The van der Waals surface area contributed by atoms with Gasteiger partial charge in [0.05, 0.1) is 5.69 Å². The Morgan fingerprint density at radius 3 is 2.63 bits per heavy atom. The topological polar surface area (TPSA) is 75.6 Å². The summed E-state index contributed by atoms with van der Waals surface area (Å²) < 4.78 is 18.6. The number of carbonyl (C=O) groups is 2. The lowest BCUT2D eigenvalue weighted by molar-refractivity contribution is -0.150. The number of anilines is 1. The van der Waals surface area contributed by atoms with E-state index in [0.717, 1.165) is 5.56 Å². The number of amides is 1. The van der Waals surface area contributed by atoms with Crippen LogP contribution in [-0.2, 0) is 14.3 Å². The number of nitrogens with one attached hydrogen (secondary N) is 1. The Kier molecular flexibility index (Phi) is 3.80. The van der Waals surface area contributed by atoms with Gasteiger partial charge in [0.2, 0.25) is 0 Å². The Bertz CT molecular complexity index is 517. The fourth-order valence-electron chi connectivity index (χ4n) is 1.95. The lowest BCUT2D eigenvalue weighted by Crippen LogP contribution is -2.30. The molecular formula is C13H14FNO4. The highest BCUT2D eigenvalue weighted by molar-refractivity contribution is 5.94. The molecule has 1 heterocycles. The smallest absolute Gasteiger partial charge is 0.332 e. The molecule has 2 unspecified atom stereocenters. The number of ether oxygens (including phenoxy) is 1. The van der Waals surface area contributed by atoms with Gasteiger partial charge in [-0.15, -0.1) is 0 Å². The minimum atomic E-state index is -1.09. The van der Waals surface area contributed by atoms with Crippen molar-refractivity contribution in [2.24, 2.45) is 0 Å². The van der Waals surface area contributed by atoms with Gasteiger partial charge in [-0.3, -0.25) is 4.79 Å². The summed E-state index contributed by atoms with van der Waals surface area (Å²) >= 11 is 0. The monoisotopic (exact) mass is 267 g/mol. The maximum atomic E-state index is 13.6. The van der Waals surface area contributed by atoms with Gasteiger partial charge >= 0.3 is 5.97 Å². The van der Waals surface area contributed by atoms with Crippen molar-refractivity contribution in [3.05, 3.63) is 29.6 Å². The molecule has 0 spiro atoms. The second-order valence-corrected chi connectivity index (χ2v) is 4.50. The third-order valence-electron chi connectivity index (χ3n) is 2.97. The molecule has 1 amide bonds. The highest BCUT2D eigenvalue weighted by Crippen LogP contribution is 2.22. The molecule has 1 saturated heterocycles. The number of carboxylic acids is 1. The zero-order valence-corrected chi connectivity index (χ0v) is 10.4. The average molecular weight is 267 g/mol. The fraction of sp³-hybridized carbons (Fsp3) is 0.385. The van der Waals surface area contributed by atoms with Gasteiger partial charge in [-0.2, -0.15) is 0 Å². The molecule has 102 valence electrons. The van der Waals surface area contributed by atoms with Crippen LogP contribution in [0.15, 0.2) is 18.2 Å². The quantitative estimate of drug-likeness (QED) is 0.874. The third kappa shape index (κ3) is 3.08. The number of benzene rings is 1. The molecule has 2 rings (SSSR count). The third-order valence-corrected chi connectivity index (χ3v) is 2.97. The van der Waals surface area contributed by atoms with Gasteiger partial charge in [0, 0.05) is 0 Å². The number of carboxylic acid groups (broad SMARTS) is 1. The molecule has 0 aliphatic carbocycles. The maximum absolute atomic E-state index is 13.6. The Balaban J connectivity index is 2.00. The van der Waals surface area contributed by atoms with Crippen molar-refractivity contribution >= 4 is 17.6 Å². The summed E-state index contributed by atoms with van der Waals surface area (Å²) in [5.41, 5.74) is 0.816. The van der Waals surface area contributed by atoms with E-state index in [1.54, 1.807) is 13.0 Å². The zero-order valence-electron chi connectivity index (χ0n) is 10.4. The number of hydrogen-bond acceptors (Lipinski definition) is 3. The van der Waals surface area contributed by atoms with E-state index in [9.17, 15) is 14.0 Å². The van der Waals surface area contributed by atoms with Crippen LogP contribution in [0, 0.1) is 12.7 Å². The van der Waals surface area contributed by atoms with E-state index in [1.165, 1.54) is 12.1 Å². The van der Waals surface area contributed by atoms with Gasteiger partial charge in [0.15, 0.2) is 6.10 Å². The number of rotatable bonds is 3. The summed E-state index contributed by atoms with van der Waals surface area (Å²) in [7, 11) is 0. The molecule has 0 radical (unpaired) electrons. The molecule has 2 N–H and O–H groups in total. The highest BCUT2D eigenvalue weighted by Gasteiger charge is 2.34. The van der Waals surface area contributed by atoms with Gasteiger partial charge in [0.25, 0.3) is 5.91 Å². The molecule has 1 aliphatic heterocycles. The summed E-state index contributed by atoms with van der Waals surface area (Å²) in [5.74, 6) is -2.13.